The van der Waals surface area contributed by atoms with Crippen LogP contribution in [0.4, 0.5) is 5.69 Å². The van der Waals surface area contributed by atoms with Crippen molar-refractivity contribution in [1.29, 1.82) is 0 Å². The smallest absolute Gasteiger partial charge is 0.247 e. The van der Waals surface area contributed by atoms with Gasteiger partial charge in [-0.05, 0) is 34.2 Å². The second-order valence-corrected chi connectivity index (χ2v) is 7.43. The lowest BCUT2D eigenvalue weighted by molar-refractivity contribution is -0.144. The second-order valence-electron chi connectivity index (χ2n) is 7.00. The zero-order chi connectivity index (χ0) is 22.0. The summed E-state index contributed by atoms with van der Waals surface area (Å²) in [6.45, 7) is -0.562. The zero-order valence-corrected chi connectivity index (χ0v) is 17.0. The van der Waals surface area contributed by atoms with E-state index in [2.05, 4.69) is 15.5 Å². The van der Waals surface area contributed by atoms with Crippen LogP contribution in [-0.2, 0) is 20.8 Å². The Kier molecular flexibility index (Phi) is 5.63. The van der Waals surface area contributed by atoms with Crippen LogP contribution in [-0.4, -0.2) is 62.0 Å². The van der Waals surface area contributed by atoms with Crippen molar-refractivity contribution >= 4 is 35.0 Å². The van der Waals surface area contributed by atoms with E-state index < -0.39 is 17.9 Å². The number of amides is 3. The number of benzene rings is 2. The molecule has 1 aliphatic rings. The van der Waals surface area contributed by atoms with Crippen LogP contribution in [0.25, 0.3) is 5.69 Å². The van der Waals surface area contributed by atoms with Crippen LogP contribution < -0.4 is 10.6 Å². The third-order valence-electron chi connectivity index (χ3n) is 5.02. The van der Waals surface area contributed by atoms with Gasteiger partial charge in [0.15, 0.2) is 0 Å². The van der Waals surface area contributed by atoms with Crippen LogP contribution in [0.5, 0.6) is 0 Å². The number of hydrogen-bond donors (Lipinski definition) is 1. The Hall–Kier alpha value is -3.79. The maximum absolute atomic E-state index is 13.0. The van der Waals surface area contributed by atoms with Crippen LogP contribution in [0, 0.1) is 0 Å². The fourth-order valence-electron chi connectivity index (χ4n) is 3.52. The Morgan fingerprint density at radius 3 is 2.52 bits per heavy atom. The highest BCUT2D eigenvalue weighted by Crippen LogP contribution is 2.29. The van der Waals surface area contributed by atoms with Crippen molar-refractivity contribution in [3.8, 4) is 5.69 Å². The van der Waals surface area contributed by atoms with E-state index in [0.717, 1.165) is 5.56 Å². The summed E-state index contributed by atoms with van der Waals surface area (Å²) in [6.07, 6.45) is 1.60. The number of primary amides is 1. The fourth-order valence-corrected chi connectivity index (χ4v) is 3.68. The van der Waals surface area contributed by atoms with Gasteiger partial charge in [-0.2, -0.15) is 4.68 Å². The molecule has 0 radical (unpaired) electrons. The minimum absolute atomic E-state index is 0.224. The number of nitrogens with two attached hydrogens (primary N) is 1. The number of aromatic nitrogens is 4. The van der Waals surface area contributed by atoms with Crippen LogP contribution in [0.1, 0.15) is 5.56 Å². The molecule has 2 heterocycles. The summed E-state index contributed by atoms with van der Waals surface area (Å²) in [4.78, 5) is 40.7. The molecule has 1 atom stereocenters. The first-order valence-electron chi connectivity index (χ1n) is 9.40. The van der Waals surface area contributed by atoms with Crippen LogP contribution >= 0.6 is 11.6 Å². The largest absolute Gasteiger partial charge is 0.368 e. The lowest BCUT2D eigenvalue weighted by Gasteiger charge is -2.37. The Morgan fingerprint density at radius 2 is 1.84 bits per heavy atom. The van der Waals surface area contributed by atoms with Gasteiger partial charge in [-0.15, -0.1) is 5.10 Å². The third kappa shape index (κ3) is 4.24. The molecule has 1 aromatic heterocycles. The first-order chi connectivity index (χ1) is 14.9. The molecule has 1 aliphatic heterocycles. The van der Waals surface area contributed by atoms with Gasteiger partial charge in [0.1, 0.15) is 25.5 Å². The summed E-state index contributed by atoms with van der Waals surface area (Å²) in [5, 5.41) is 11.4. The average Bonchev–Trinajstić information content (AvgIpc) is 3.29. The summed E-state index contributed by atoms with van der Waals surface area (Å²) in [5.74, 6) is -1.45. The highest BCUT2D eigenvalue weighted by Gasteiger charge is 2.38. The molecule has 3 amide bonds. The zero-order valence-electron chi connectivity index (χ0n) is 16.3. The molecule has 158 valence electrons. The molecule has 1 fully saturated rings. The number of nitrogens with zero attached hydrogens (tertiary/aromatic N) is 6. The van der Waals surface area contributed by atoms with E-state index in [1.165, 1.54) is 20.8 Å². The minimum Gasteiger partial charge on any atom is -0.368 e. The number of piperazine rings is 1. The molecule has 10 nitrogen and oxygen atoms in total. The van der Waals surface area contributed by atoms with Crippen LogP contribution in [0.2, 0.25) is 5.02 Å². The van der Waals surface area contributed by atoms with Crippen molar-refractivity contribution in [2.75, 3.05) is 18.0 Å². The molecule has 11 heteroatoms. The van der Waals surface area contributed by atoms with Crippen LogP contribution in [0.3, 0.4) is 0 Å². The summed E-state index contributed by atoms with van der Waals surface area (Å²) in [6, 6.07) is 13.1. The molecule has 0 saturated carbocycles. The number of carbonyl (C=O) groups excluding carboxylic acids is 3. The van der Waals surface area contributed by atoms with E-state index >= 15 is 0 Å². The average molecular weight is 440 g/mol. The van der Waals surface area contributed by atoms with Gasteiger partial charge in [0.25, 0.3) is 0 Å². The Balaban J connectivity index is 1.61. The van der Waals surface area contributed by atoms with Crippen molar-refractivity contribution in [2.24, 2.45) is 5.73 Å². The summed E-state index contributed by atoms with van der Waals surface area (Å²) in [7, 11) is 0. The summed E-state index contributed by atoms with van der Waals surface area (Å²) in [5.41, 5.74) is 7.29. The highest BCUT2D eigenvalue weighted by atomic mass is 35.5. The van der Waals surface area contributed by atoms with Crippen molar-refractivity contribution in [3.05, 3.63) is 65.4 Å². The molecule has 0 spiro atoms. The van der Waals surface area contributed by atoms with Crippen molar-refractivity contribution < 1.29 is 14.4 Å². The third-order valence-corrected chi connectivity index (χ3v) is 5.26. The van der Waals surface area contributed by atoms with Gasteiger partial charge < -0.3 is 10.6 Å². The van der Waals surface area contributed by atoms with Crippen LogP contribution in [0.15, 0.2) is 54.9 Å². The van der Waals surface area contributed by atoms with Gasteiger partial charge in [0, 0.05) is 11.4 Å². The lowest BCUT2D eigenvalue weighted by atomic mass is 10.0. The van der Waals surface area contributed by atoms with Gasteiger partial charge in [-0.3, -0.25) is 19.3 Å². The van der Waals surface area contributed by atoms with Gasteiger partial charge in [0.05, 0.1) is 11.4 Å². The molecular weight excluding hydrogens is 422 g/mol. The maximum atomic E-state index is 13.0. The topological polar surface area (TPSA) is 127 Å². The van der Waals surface area contributed by atoms with E-state index in [1.807, 2.05) is 30.3 Å². The Bertz CT molecular complexity index is 1120. The molecular formula is C20H18ClN7O3. The maximum Gasteiger partial charge on any atom is 0.247 e. The second kappa shape index (κ2) is 8.52. The van der Waals surface area contributed by atoms with E-state index in [0.29, 0.717) is 16.4 Å². The number of halogens is 1. The highest BCUT2D eigenvalue weighted by molar-refractivity contribution is 6.31. The first-order valence-corrected chi connectivity index (χ1v) is 9.78. The van der Waals surface area contributed by atoms with Gasteiger partial charge in [-0.25, -0.2) is 0 Å². The predicted molar refractivity (Wildman–Crippen MR) is 111 cm³/mol. The molecule has 4 rings (SSSR count). The monoisotopic (exact) mass is 439 g/mol. The molecule has 2 N–H and O–H groups in total. The Morgan fingerprint density at radius 1 is 1.06 bits per heavy atom. The van der Waals surface area contributed by atoms with Crippen molar-refractivity contribution in [2.45, 2.75) is 12.5 Å². The quantitative estimate of drug-likeness (QED) is 0.598. The first kappa shape index (κ1) is 20.5. The molecule has 0 aliphatic carbocycles. The molecule has 1 unspecified atom stereocenters. The number of hydrogen-bond acceptors (Lipinski definition) is 6. The van der Waals surface area contributed by atoms with Gasteiger partial charge in [-0.1, -0.05) is 41.9 Å². The fraction of sp³-hybridized carbons (Fsp3) is 0.200. The van der Waals surface area contributed by atoms with E-state index in [-0.39, 0.29) is 25.4 Å². The summed E-state index contributed by atoms with van der Waals surface area (Å²) >= 11 is 6.14. The number of anilines is 1. The van der Waals surface area contributed by atoms with Crippen molar-refractivity contribution in [3.63, 3.8) is 0 Å². The number of rotatable bonds is 6. The number of carbonyl (C=O) groups is 3. The molecule has 2 aromatic carbocycles. The normalized spacial score (nSPS) is 15.3. The molecule has 31 heavy (non-hydrogen) atoms. The van der Waals surface area contributed by atoms with Gasteiger partial charge >= 0.3 is 0 Å². The molecule has 0 bridgehead atoms. The van der Waals surface area contributed by atoms with Crippen molar-refractivity contribution in [1.82, 2.24) is 25.1 Å². The van der Waals surface area contributed by atoms with Gasteiger partial charge in [0.2, 0.25) is 17.7 Å². The minimum atomic E-state index is -0.931. The Labute approximate surface area is 182 Å². The lowest BCUT2D eigenvalue weighted by Crippen LogP contribution is -2.60. The standard InChI is InChI=1S/C20H18ClN7O3/c21-14-6-7-15(28-12-23-24-25-28)16(9-14)26-10-19(30)27(11-18(26)29)17(20(22)31)8-13-4-2-1-3-5-13/h1-7,9,12,17H,8,10-11H2,(H2,22,31). The summed E-state index contributed by atoms with van der Waals surface area (Å²) < 4.78 is 1.37. The molecule has 3 aromatic rings. The predicted octanol–water partition coefficient (Wildman–Crippen LogP) is 0.587. The molecule has 1 saturated heterocycles. The van der Waals surface area contributed by atoms with E-state index in [4.69, 9.17) is 17.3 Å². The number of tetrazole rings is 1. The SMILES string of the molecule is NC(=O)C(Cc1ccccc1)N1CC(=O)N(c2cc(Cl)ccc2-n2cnnn2)CC1=O. The van der Waals surface area contributed by atoms with E-state index in [1.54, 1.807) is 18.2 Å². The van der Waals surface area contributed by atoms with E-state index in [9.17, 15) is 14.4 Å².